The summed E-state index contributed by atoms with van der Waals surface area (Å²) in [5.74, 6) is -0.0891. The average molecular weight is 272 g/mol. The summed E-state index contributed by atoms with van der Waals surface area (Å²) in [5.41, 5.74) is -0.787. The molecule has 0 aliphatic carbocycles. The first kappa shape index (κ1) is 14.4. The van der Waals surface area contributed by atoms with Crippen molar-refractivity contribution in [2.75, 3.05) is 6.61 Å². The van der Waals surface area contributed by atoms with Crippen molar-refractivity contribution < 1.29 is 14.5 Å². The molecule has 1 rings (SSSR count). The maximum atomic E-state index is 11.7. The van der Waals surface area contributed by atoms with Crippen LogP contribution in [0.3, 0.4) is 0 Å². The van der Waals surface area contributed by atoms with E-state index in [2.05, 4.69) is 0 Å². The minimum absolute atomic E-state index is 0.0435. The number of carbonyl (C=O) groups excluding carboxylic acids is 1. The van der Waals surface area contributed by atoms with Gasteiger partial charge in [-0.3, -0.25) is 14.9 Å². The van der Waals surface area contributed by atoms with Crippen LogP contribution >= 0.6 is 11.6 Å². The van der Waals surface area contributed by atoms with Gasteiger partial charge in [0.1, 0.15) is 6.61 Å². The Morgan fingerprint density at radius 1 is 1.44 bits per heavy atom. The standard InChI is InChI=1S/C12H14ClNO4/c1-12(2,3)11(15)7-18-10-5-4-8(13)6-9(10)14(16)17/h4-6H,7H2,1-3H3. The number of carbonyl (C=O) groups is 1. The molecule has 0 N–H and O–H groups in total. The first-order chi connectivity index (χ1) is 8.21. The smallest absolute Gasteiger partial charge is 0.312 e. The van der Waals surface area contributed by atoms with Gasteiger partial charge in [0.25, 0.3) is 0 Å². The van der Waals surface area contributed by atoms with Gasteiger partial charge in [-0.1, -0.05) is 32.4 Å². The fraction of sp³-hybridized carbons (Fsp3) is 0.417. The molecule has 0 aromatic heterocycles. The maximum absolute atomic E-state index is 11.7. The lowest BCUT2D eigenvalue weighted by Crippen LogP contribution is -2.26. The summed E-state index contributed by atoms with van der Waals surface area (Å²) in [6.07, 6.45) is 0. The predicted molar refractivity (Wildman–Crippen MR) is 68.1 cm³/mol. The number of hydrogen-bond acceptors (Lipinski definition) is 4. The molecule has 0 atom stereocenters. The van der Waals surface area contributed by atoms with Crippen LogP contribution < -0.4 is 4.74 Å². The summed E-state index contributed by atoms with van der Waals surface area (Å²) < 4.78 is 5.19. The topological polar surface area (TPSA) is 69.4 Å². The maximum Gasteiger partial charge on any atom is 0.312 e. The fourth-order valence-corrected chi connectivity index (χ4v) is 1.28. The Balaban J connectivity index is 2.86. The number of Topliss-reactive ketones (excluding diaryl/α,β-unsaturated/α-hetero) is 1. The summed E-state index contributed by atoms with van der Waals surface area (Å²) in [6, 6.07) is 4.06. The molecular formula is C12H14ClNO4. The largest absolute Gasteiger partial charge is 0.479 e. The average Bonchev–Trinajstić information content (AvgIpc) is 2.25. The van der Waals surface area contributed by atoms with Crippen LogP contribution in [0.15, 0.2) is 18.2 Å². The molecule has 6 heteroatoms. The normalized spacial score (nSPS) is 11.1. The van der Waals surface area contributed by atoms with Crippen LogP contribution in [0, 0.1) is 15.5 Å². The lowest BCUT2D eigenvalue weighted by atomic mass is 9.91. The highest BCUT2D eigenvalue weighted by atomic mass is 35.5. The van der Waals surface area contributed by atoms with Crippen molar-refractivity contribution in [3.05, 3.63) is 33.3 Å². The first-order valence-corrected chi connectivity index (χ1v) is 5.69. The molecule has 0 aliphatic heterocycles. The van der Waals surface area contributed by atoms with E-state index in [0.717, 1.165) is 0 Å². The lowest BCUT2D eigenvalue weighted by molar-refractivity contribution is -0.385. The number of rotatable bonds is 4. The van der Waals surface area contributed by atoms with Gasteiger partial charge >= 0.3 is 5.69 Å². The summed E-state index contributed by atoms with van der Waals surface area (Å²) in [4.78, 5) is 21.9. The van der Waals surface area contributed by atoms with Crippen LogP contribution in [0.4, 0.5) is 5.69 Å². The Morgan fingerprint density at radius 3 is 2.56 bits per heavy atom. The summed E-state index contributed by atoms with van der Waals surface area (Å²) in [5, 5.41) is 11.0. The predicted octanol–water partition coefficient (Wildman–Crippen LogP) is 3.24. The van der Waals surface area contributed by atoms with E-state index in [1.807, 2.05) is 0 Å². The molecular weight excluding hydrogens is 258 g/mol. The van der Waals surface area contributed by atoms with Gasteiger partial charge in [-0.25, -0.2) is 0 Å². The molecule has 5 nitrogen and oxygen atoms in total. The van der Waals surface area contributed by atoms with Gasteiger partial charge in [-0.15, -0.1) is 0 Å². The minimum atomic E-state index is -0.594. The highest BCUT2D eigenvalue weighted by Gasteiger charge is 2.23. The third kappa shape index (κ3) is 3.70. The van der Waals surface area contributed by atoms with E-state index in [4.69, 9.17) is 16.3 Å². The van der Waals surface area contributed by atoms with Crippen LogP contribution in [0.5, 0.6) is 5.75 Å². The molecule has 18 heavy (non-hydrogen) atoms. The quantitative estimate of drug-likeness (QED) is 0.623. The van der Waals surface area contributed by atoms with Crippen molar-refractivity contribution in [2.24, 2.45) is 5.41 Å². The molecule has 0 saturated heterocycles. The molecule has 0 heterocycles. The van der Waals surface area contributed by atoms with Crippen molar-refractivity contribution in [1.29, 1.82) is 0 Å². The molecule has 0 unspecified atom stereocenters. The first-order valence-electron chi connectivity index (χ1n) is 5.32. The van der Waals surface area contributed by atoms with E-state index in [1.54, 1.807) is 20.8 Å². The zero-order valence-corrected chi connectivity index (χ0v) is 11.2. The van der Waals surface area contributed by atoms with E-state index in [-0.39, 0.29) is 28.8 Å². The van der Waals surface area contributed by atoms with Crippen LogP contribution in [-0.4, -0.2) is 17.3 Å². The fourth-order valence-electron chi connectivity index (χ4n) is 1.12. The van der Waals surface area contributed by atoms with E-state index in [9.17, 15) is 14.9 Å². The second-order valence-electron chi connectivity index (χ2n) is 4.83. The van der Waals surface area contributed by atoms with Gasteiger partial charge in [0.15, 0.2) is 11.5 Å². The third-order valence-corrected chi connectivity index (χ3v) is 2.55. The van der Waals surface area contributed by atoms with Crippen molar-refractivity contribution in [3.63, 3.8) is 0 Å². The van der Waals surface area contributed by atoms with Crippen molar-refractivity contribution >= 4 is 23.1 Å². The molecule has 98 valence electrons. The number of nitrogens with zero attached hydrogens (tertiary/aromatic N) is 1. The zero-order valence-electron chi connectivity index (χ0n) is 10.4. The molecule has 0 saturated carbocycles. The Labute approximate surface area is 110 Å². The SMILES string of the molecule is CC(C)(C)C(=O)COc1ccc(Cl)cc1[N+](=O)[O-]. The minimum Gasteiger partial charge on any atom is -0.479 e. The number of nitro benzene ring substituents is 1. The van der Waals surface area contributed by atoms with Gasteiger partial charge in [-0.05, 0) is 12.1 Å². The molecule has 0 radical (unpaired) electrons. The highest BCUT2D eigenvalue weighted by Crippen LogP contribution is 2.30. The molecule has 0 fully saturated rings. The second-order valence-corrected chi connectivity index (χ2v) is 5.27. The molecule has 1 aromatic carbocycles. The number of ketones is 1. The van der Waals surface area contributed by atoms with E-state index in [1.165, 1.54) is 18.2 Å². The number of halogens is 1. The third-order valence-electron chi connectivity index (χ3n) is 2.31. The number of hydrogen-bond donors (Lipinski definition) is 0. The van der Waals surface area contributed by atoms with Crippen LogP contribution in [0.2, 0.25) is 5.02 Å². The summed E-state index contributed by atoms with van der Waals surface area (Å²) in [6.45, 7) is 5.07. The van der Waals surface area contributed by atoms with Crippen molar-refractivity contribution in [2.45, 2.75) is 20.8 Å². The summed E-state index contributed by atoms with van der Waals surface area (Å²) >= 11 is 5.67. The monoisotopic (exact) mass is 271 g/mol. The summed E-state index contributed by atoms with van der Waals surface area (Å²) in [7, 11) is 0. The van der Waals surface area contributed by atoms with Crippen LogP contribution in [-0.2, 0) is 4.79 Å². The van der Waals surface area contributed by atoms with Crippen LogP contribution in [0.1, 0.15) is 20.8 Å². The van der Waals surface area contributed by atoms with Gasteiger partial charge < -0.3 is 4.74 Å². The number of ether oxygens (including phenoxy) is 1. The van der Waals surface area contributed by atoms with Gasteiger partial charge in [-0.2, -0.15) is 0 Å². The van der Waals surface area contributed by atoms with Gasteiger partial charge in [0.2, 0.25) is 0 Å². The van der Waals surface area contributed by atoms with E-state index in [0.29, 0.717) is 0 Å². The Hall–Kier alpha value is -1.62. The highest BCUT2D eigenvalue weighted by molar-refractivity contribution is 6.30. The van der Waals surface area contributed by atoms with E-state index >= 15 is 0 Å². The Kier molecular flexibility index (Phi) is 4.29. The molecule has 0 spiro atoms. The van der Waals surface area contributed by atoms with Crippen LogP contribution in [0.25, 0.3) is 0 Å². The van der Waals surface area contributed by atoms with Crippen molar-refractivity contribution in [3.8, 4) is 5.75 Å². The molecule has 0 aliphatic rings. The Morgan fingerprint density at radius 2 is 2.06 bits per heavy atom. The van der Waals surface area contributed by atoms with E-state index < -0.39 is 10.3 Å². The molecule has 0 bridgehead atoms. The lowest BCUT2D eigenvalue weighted by Gasteiger charge is -2.16. The van der Waals surface area contributed by atoms with Gasteiger partial charge in [0, 0.05) is 16.5 Å². The van der Waals surface area contributed by atoms with Gasteiger partial charge in [0.05, 0.1) is 4.92 Å². The van der Waals surface area contributed by atoms with Crippen molar-refractivity contribution in [1.82, 2.24) is 0 Å². The zero-order chi connectivity index (χ0) is 13.9. The number of benzene rings is 1. The second kappa shape index (κ2) is 5.35. The Bertz CT molecular complexity index is 479. The number of nitro groups is 1. The molecule has 1 aromatic rings. The molecule has 0 amide bonds.